The van der Waals surface area contributed by atoms with Crippen molar-refractivity contribution in [1.29, 1.82) is 0 Å². The van der Waals surface area contributed by atoms with Crippen LogP contribution in [0.25, 0.3) is 0 Å². The maximum Gasteiger partial charge on any atom is 0.136 e. The Hall–Kier alpha value is -0.320. The minimum absolute atomic E-state index is 0.0563. The third-order valence-corrected chi connectivity index (χ3v) is 11.6. The second-order valence-electron chi connectivity index (χ2n) is 11.9. The summed E-state index contributed by atoms with van der Waals surface area (Å²) in [7, 11) is 6.84. The number of rotatable bonds is 6. The van der Waals surface area contributed by atoms with Crippen LogP contribution in [-0.4, -0.2) is 110 Å². The molecule has 8 heteroatoms. The highest BCUT2D eigenvalue weighted by atomic mass is 16.5. The number of aliphatic hydroxyl groups is 3. The molecule has 0 aromatic rings. The van der Waals surface area contributed by atoms with Gasteiger partial charge in [0.05, 0.1) is 37.1 Å². The molecule has 7 bridgehead atoms. The lowest BCUT2D eigenvalue weighted by molar-refractivity contribution is -0.324. The maximum atomic E-state index is 12.9. The molecule has 13 atom stereocenters. The Labute approximate surface area is 196 Å². The largest absolute Gasteiger partial charge is 0.392 e. The SMILES string of the molecule is CCN1C[C@]2(COC)CC[C@H](O)[C@]34C1[C@@](O)([C@H](O)[C@H]23)[C@@]1(OC)C[C@H](OC)[C@H]2C[C@@H]4[C@@H]1[C@H]2OC. The first-order chi connectivity index (χ1) is 15.8. The molecule has 0 aromatic heterocycles. The lowest BCUT2D eigenvalue weighted by atomic mass is 9.42. The van der Waals surface area contributed by atoms with Gasteiger partial charge in [-0.3, -0.25) is 4.90 Å². The molecule has 1 aliphatic heterocycles. The fourth-order valence-electron chi connectivity index (χ4n) is 11.1. The van der Waals surface area contributed by atoms with Crippen molar-refractivity contribution >= 4 is 0 Å². The molecule has 1 spiro atoms. The molecule has 33 heavy (non-hydrogen) atoms. The predicted octanol–water partition coefficient (Wildman–Crippen LogP) is 0.271. The van der Waals surface area contributed by atoms with Gasteiger partial charge in [-0.25, -0.2) is 0 Å². The molecular formula is C25H41NO7. The van der Waals surface area contributed by atoms with E-state index in [2.05, 4.69) is 11.8 Å². The monoisotopic (exact) mass is 467 g/mol. The molecule has 5 aliphatic carbocycles. The van der Waals surface area contributed by atoms with E-state index in [0.717, 1.165) is 25.9 Å². The smallest absolute Gasteiger partial charge is 0.136 e. The van der Waals surface area contributed by atoms with Gasteiger partial charge in [-0.1, -0.05) is 6.92 Å². The third kappa shape index (κ3) is 2.16. The van der Waals surface area contributed by atoms with E-state index in [-0.39, 0.29) is 47.3 Å². The summed E-state index contributed by atoms with van der Waals surface area (Å²) in [5.41, 5.74) is -3.53. The molecular weight excluding hydrogens is 426 g/mol. The third-order valence-electron chi connectivity index (χ3n) is 11.6. The van der Waals surface area contributed by atoms with Gasteiger partial charge in [-0.2, -0.15) is 0 Å². The first kappa shape index (κ1) is 23.1. The average Bonchev–Trinajstić information content (AvgIpc) is 3.21. The quantitative estimate of drug-likeness (QED) is 0.512. The first-order valence-corrected chi connectivity index (χ1v) is 12.7. The standard InChI is InChI=1S/C25H41NO7/c1-6-26-11-22(12-30-2)8-7-16(27)24-14-9-13-15(31-3)10-23(33-5,17(14)18(13)32-4)25(29,21(24)26)20(28)19(22)24/h13-21,27-29H,6-12H2,1-5H3/t13-,14-,15+,16+,17-,18+,19-,20-,21?,22+,23-,24+,25+/m1/s1. The van der Waals surface area contributed by atoms with Crippen molar-refractivity contribution in [2.45, 2.75) is 74.3 Å². The Kier molecular flexibility index (Phi) is 4.99. The van der Waals surface area contributed by atoms with Crippen molar-refractivity contribution in [2.75, 3.05) is 48.1 Å². The van der Waals surface area contributed by atoms with Gasteiger partial charge in [-0.05, 0) is 31.7 Å². The first-order valence-electron chi connectivity index (χ1n) is 12.7. The van der Waals surface area contributed by atoms with Gasteiger partial charge in [0.15, 0.2) is 0 Å². The van der Waals surface area contributed by atoms with Crippen LogP contribution in [0.15, 0.2) is 0 Å². The van der Waals surface area contributed by atoms with Gasteiger partial charge in [0.25, 0.3) is 0 Å². The number of aliphatic hydroxyl groups excluding tert-OH is 2. The molecule has 6 aliphatic rings. The zero-order valence-electron chi connectivity index (χ0n) is 20.6. The molecule has 0 radical (unpaired) electrons. The van der Waals surface area contributed by atoms with Crippen molar-refractivity contribution in [3.8, 4) is 0 Å². The van der Waals surface area contributed by atoms with E-state index in [1.165, 1.54) is 0 Å². The molecule has 1 unspecified atom stereocenters. The van der Waals surface area contributed by atoms with Gasteiger partial charge in [-0.15, -0.1) is 0 Å². The highest BCUT2D eigenvalue weighted by molar-refractivity contribution is 5.41. The number of hydrogen-bond acceptors (Lipinski definition) is 8. The van der Waals surface area contributed by atoms with E-state index in [4.69, 9.17) is 18.9 Å². The van der Waals surface area contributed by atoms with Crippen LogP contribution < -0.4 is 0 Å². The van der Waals surface area contributed by atoms with Gasteiger partial charge >= 0.3 is 0 Å². The normalized spacial score (nSPS) is 60.9. The number of nitrogens with zero attached hydrogens (tertiary/aromatic N) is 1. The van der Waals surface area contributed by atoms with E-state index in [1.807, 2.05) is 0 Å². The number of ether oxygens (including phenoxy) is 4. The number of likely N-dealkylation sites (N-methyl/N-ethyl adjacent to an activating group) is 1. The minimum Gasteiger partial charge on any atom is -0.392 e. The molecule has 1 saturated heterocycles. The minimum atomic E-state index is -1.55. The molecule has 6 rings (SSSR count). The zero-order valence-corrected chi connectivity index (χ0v) is 20.6. The molecule has 188 valence electrons. The number of piperidine rings is 1. The van der Waals surface area contributed by atoms with E-state index < -0.39 is 28.8 Å². The van der Waals surface area contributed by atoms with Gasteiger partial charge < -0.3 is 34.3 Å². The Morgan fingerprint density at radius 2 is 1.85 bits per heavy atom. The number of hydrogen-bond donors (Lipinski definition) is 3. The number of methoxy groups -OCH3 is 4. The maximum absolute atomic E-state index is 12.9. The van der Waals surface area contributed by atoms with Crippen molar-refractivity contribution < 1.29 is 34.3 Å². The van der Waals surface area contributed by atoms with E-state index in [0.29, 0.717) is 19.4 Å². The molecule has 0 amide bonds. The van der Waals surface area contributed by atoms with Crippen LogP contribution in [-0.2, 0) is 18.9 Å². The highest BCUT2D eigenvalue weighted by Crippen LogP contribution is 2.80. The van der Waals surface area contributed by atoms with Gasteiger partial charge in [0, 0.05) is 70.0 Å². The zero-order chi connectivity index (χ0) is 23.6. The fraction of sp³-hybridized carbons (Fsp3) is 1.00. The summed E-state index contributed by atoms with van der Waals surface area (Å²) in [6.45, 7) is 4.11. The van der Waals surface area contributed by atoms with Crippen LogP contribution in [0, 0.1) is 34.5 Å². The van der Waals surface area contributed by atoms with Crippen molar-refractivity contribution in [3.63, 3.8) is 0 Å². The second-order valence-corrected chi connectivity index (χ2v) is 11.9. The van der Waals surface area contributed by atoms with E-state index in [1.54, 1.807) is 28.4 Å². The summed E-state index contributed by atoms with van der Waals surface area (Å²) in [5, 5.41) is 37.1. The van der Waals surface area contributed by atoms with E-state index in [9.17, 15) is 15.3 Å². The Morgan fingerprint density at radius 3 is 2.45 bits per heavy atom. The lowest BCUT2D eigenvalue weighted by Crippen LogP contribution is -2.82. The molecule has 0 aromatic carbocycles. The lowest BCUT2D eigenvalue weighted by Gasteiger charge is -2.70. The number of likely N-dealkylation sites (tertiary alicyclic amines) is 1. The van der Waals surface area contributed by atoms with Crippen molar-refractivity contribution in [2.24, 2.45) is 34.5 Å². The van der Waals surface area contributed by atoms with E-state index >= 15 is 0 Å². The summed E-state index contributed by atoms with van der Waals surface area (Å²) < 4.78 is 24.3. The second kappa shape index (κ2) is 7.13. The topological polar surface area (TPSA) is 101 Å². The van der Waals surface area contributed by atoms with Crippen LogP contribution in [0.3, 0.4) is 0 Å². The molecule has 5 saturated carbocycles. The highest BCUT2D eigenvalue weighted by Gasteiger charge is 2.91. The van der Waals surface area contributed by atoms with Crippen LogP contribution in [0.5, 0.6) is 0 Å². The predicted molar refractivity (Wildman–Crippen MR) is 119 cm³/mol. The fourth-order valence-corrected chi connectivity index (χ4v) is 11.1. The van der Waals surface area contributed by atoms with Gasteiger partial charge in [0.1, 0.15) is 11.2 Å². The molecule has 3 N–H and O–H groups in total. The summed E-state index contributed by atoms with van der Waals surface area (Å²) in [6.07, 6.45) is 0.890. The Balaban J connectivity index is 1.67. The molecule has 1 heterocycles. The van der Waals surface area contributed by atoms with Crippen LogP contribution in [0.1, 0.15) is 32.6 Å². The van der Waals surface area contributed by atoms with Crippen molar-refractivity contribution in [1.82, 2.24) is 4.90 Å². The van der Waals surface area contributed by atoms with Crippen LogP contribution in [0.2, 0.25) is 0 Å². The van der Waals surface area contributed by atoms with Gasteiger partial charge in [0.2, 0.25) is 0 Å². The molecule has 6 fully saturated rings. The number of fused-ring (bicyclic) bond motifs is 2. The van der Waals surface area contributed by atoms with Crippen LogP contribution >= 0.6 is 0 Å². The van der Waals surface area contributed by atoms with Crippen LogP contribution in [0.4, 0.5) is 0 Å². The summed E-state index contributed by atoms with van der Waals surface area (Å²) >= 11 is 0. The molecule has 8 nitrogen and oxygen atoms in total. The average molecular weight is 468 g/mol. The Bertz CT molecular complexity index is 814. The summed E-state index contributed by atoms with van der Waals surface area (Å²) in [6, 6.07) is -0.386. The summed E-state index contributed by atoms with van der Waals surface area (Å²) in [5.74, 6) is -0.142. The van der Waals surface area contributed by atoms with Crippen molar-refractivity contribution in [3.05, 3.63) is 0 Å². The summed E-state index contributed by atoms with van der Waals surface area (Å²) in [4.78, 5) is 2.33. The Morgan fingerprint density at radius 1 is 1.09 bits per heavy atom.